The van der Waals surface area contributed by atoms with Gasteiger partial charge in [-0.05, 0) is 42.5 Å². The summed E-state index contributed by atoms with van der Waals surface area (Å²) in [5, 5.41) is 20.3. The number of rotatable bonds is 13. The van der Waals surface area contributed by atoms with Gasteiger partial charge in [0.1, 0.15) is 6.54 Å². The molecule has 2 aromatic carbocycles. The maximum absolute atomic E-state index is 13.4. The van der Waals surface area contributed by atoms with E-state index in [1.54, 1.807) is 24.3 Å². The van der Waals surface area contributed by atoms with E-state index in [9.17, 15) is 24.5 Å². The van der Waals surface area contributed by atoms with E-state index >= 15 is 0 Å². The van der Waals surface area contributed by atoms with E-state index in [-0.39, 0.29) is 37.7 Å². The molecule has 0 aliphatic carbocycles. The van der Waals surface area contributed by atoms with Crippen LogP contribution in [0.5, 0.6) is 0 Å². The lowest BCUT2D eigenvalue weighted by atomic mass is 10.0. The molecule has 12 nitrogen and oxygen atoms in total. The average molecular weight is 526 g/mol. The van der Waals surface area contributed by atoms with Crippen molar-refractivity contribution in [2.24, 2.45) is 11.5 Å². The maximum atomic E-state index is 13.4. The largest absolute Gasteiger partial charge is 0.481 e. The van der Waals surface area contributed by atoms with Gasteiger partial charge in [-0.25, -0.2) is 0 Å². The van der Waals surface area contributed by atoms with Crippen LogP contribution in [0.3, 0.4) is 0 Å². The molecule has 0 radical (unpaired) electrons. The van der Waals surface area contributed by atoms with Crippen molar-refractivity contribution in [1.29, 1.82) is 0 Å². The number of benzene rings is 2. The summed E-state index contributed by atoms with van der Waals surface area (Å²) in [7, 11) is 0. The fourth-order valence-corrected chi connectivity index (χ4v) is 4.35. The summed E-state index contributed by atoms with van der Waals surface area (Å²) in [5.41, 5.74) is 12.8. The van der Waals surface area contributed by atoms with Crippen molar-refractivity contribution in [2.45, 2.75) is 45.1 Å². The van der Waals surface area contributed by atoms with E-state index in [0.717, 1.165) is 37.7 Å². The summed E-state index contributed by atoms with van der Waals surface area (Å²) in [5.74, 6) is -1.68. The number of carboxylic acids is 1. The maximum Gasteiger partial charge on any atom is 0.338 e. The van der Waals surface area contributed by atoms with Gasteiger partial charge in [0.05, 0.1) is 35.7 Å². The number of hydrogen-bond donors (Lipinski definition) is 4. The van der Waals surface area contributed by atoms with Crippen LogP contribution in [0.1, 0.15) is 53.6 Å². The number of nitro benzene ring substituents is 1. The molecule has 0 atom stereocenters. The van der Waals surface area contributed by atoms with Crippen molar-refractivity contribution >= 4 is 35.1 Å². The Kier molecular flexibility index (Phi) is 9.74. The van der Waals surface area contributed by atoms with Gasteiger partial charge in [-0.15, -0.1) is 0 Å². The number of fused-ring (bicyclic) bond motifs is 1. The van der Waals surface area contributed by atoms with Gasteiger partial charge in [0.15, 0.2) is 0 Å². The first-order chi connectivity index (χ1) is 18.2. The summed E-state index contributed by atoms with van der Waals surface area (Å²) in [6.07, 6.45) is 4.22. The number of aliphatic carboxylic acids is 1. The molecule has 38 heavy (non-hydrogen) atoms. The van der Waals surface area contributed by atoms with Crippen LogP contribution in [0.2, 0.25) is 0 Å². The Morgan fingerprint density at radius 3 is 2.53 bits per heavy atom. The van der Waals surface area contributed by atoms with Gasteiger partial charge in [0.25, 0.3) is 11.6 Å². The summed E-state index contributed by atoms with van der Waals surface area (Å²) in [4.78, 5) is 54.1. The van der Waals surface area contributed by atoms with Crippen LogP contribution >= 0.6 is 0 Å². The highest BCUT2D eigenvalue weighted by molar-refractivity contribution is 6.09. The van der Waals surface area contributed by atoms with E-state index in [0.29, 0.717) is 23.4 Å². The SMILES string of the molecule is NC(N)=[NH+]CCCCCCc1ccc2c(c1)C(=O)N(CCC(=O)O)CC(=O)N2Cc1cccc([N+](=O)[O-])c1. The van der Waals surface area contributed by atoms with Gasteiger partial charge < -0.3 is 14.9 Å². The van der Waals surface area contributed by atoms with Crippen LogP contribution in [0.4, 0.5) is 11.4 Å². The Labute approximate surface area is 220 Å². The van der Waals surface area contributed by atoms with Gasteiger partial charge in [0, 0.05) is 18.7 Å². The lowest BCUT2D eigenvalue weighted by Crippen LogP contribution is -2.78. The summed E-state index contributed by atoms with van der Waals surface area (Å²) in [6.45, 7) is 0.346. The van der Waals surface area contributed by atoms with Gasteiger partial charge in [-0.3, -0.25) is 41.0 Å². The highest BCUT2D eigenvalue weighted by atomic mass is 16.6. The van der Waals surface area contributed by atoms with Crippen molar-refractivity contribution in [2.75, 3.05) is 24.5 Å². The summed E-state index contributed by atoms with van der Waals surface area (Å²) < 4.78 is 0. The minimum atomic E-state index is -1.07. The van der Waals surface area contributed by atoms with Crippen molar-refractivity contribution in [1.82, 2.24) is 4.90 Å². The number of amides is 2. The monoisotopic (exact) mass is 525 g/mol. The number of nitrogens with one attached hydrogen (secondary N) is 1. The standard InChI is InChI=1S/C26H32N6O6/c27-26(28)29-12-4-2-1-3-6-18-9-10-22-21(15-18)25(36)30(13-11-24(34)35)17-23(33)31(22)16-19-7-5-8-20(14-19)32(37)38/h5,7-10,14-15H,1-4,6,11-13,16-17H2,(H,34,35)(H4,27,28,29)/p+1. The van der Waals surface area contributed by atoms with E-state index in [1.165, 1.54) is 21.9 Å². The zero-order chi connectivity index (χ0) is 27.7. The Bertz CT molecular complexity index is 1230. The first-order valence-corrected chi connectivity index (χ1v) is 12.4. The second-order valence-corrected chi connectivity index (χ2v) is 9.18. The van der Waals surface area contributed by atoms with Gasteiger partial charge >= 0.3 is 11.9 Å². The first kappa shape index (κ1) is 28.1. The number of carbonyl (C=O) groups is 3. The lowest BCUT2D eigenvalue weighted by molar-refractivity contribution is -0.459. The number of anilines is 1. The van der Waals surface area contributed by atoms with Crippen LogP contribution < -0.4 is 21.4 Å². The normalized spacial score (nSPS) is 13.2. The third-order valence-electron chi connectivity index (χ3n) is 6.28. The zero-order valence-corrected chi connectivity index (χ0v) is 21.1. The number of guanidine groups is 1. The Morgan fingerprint density at radius 1 is 1.05 bits per heavy atom. The van der Waals surface area contributed by atoms with E-state index in [2.05, 4.69) is 4.99 Å². The molecule has 0 aromatic heterocycles. The zero-order valence-electron chi connectivity index (χ0n) is 21.1. The fraction of sp³-hybridized carbons (Fsp3) is 0.385. The third kappa shape index (κ3) is 7.76. The van der Waals surface area contributed by atoms with Gasteiger partial charge in [-0.1, -0.05) is 31.0 Å². The molecule has 1 heterocycles. The minimum absolute atomic E-state index is 0.0334. The van der Waals surface area contributed by atoms with Crippen molar-refractivity contribution in [3.63, 3.8) is 0 Å². The topological polar surface area (TPSA) is 187 Å². The molecule has 0 unspecified atom stereocenters. The Hall–Kier alpha value is -4.48. The van der Waals surface area contributed by atoms with Crippen LogP contribution in [0.25, 0.3) is 0 Å². The van der Waals surface area contributed by atoms with E-state index < -0.39 is 22.7 Å². The Balaban J connectivity index is 1.82. The molecule has 0 saturated carbocycles. The number of nitro groups is 1. The molecule has 0 spiro atoms. The molecule has 12 heteroatoms. The predicted molar refractivity (Wildman–Crippen MR) is 140 cm³/mol. The molecular weight excluding hydrogens is 492 g/mol. The van der Waals surface area contributed by atoms with Crippen molar-refractivity contribution in [3.05, 3.63) is 69.3 Å². The highest BCUT2D eigenvalue weighted by Gasteiger charge is 2.32. The van der Waals surface area contributed by atoms with Gasteiger partial charge in [-0.2, -0.15) is 0 Å². The summed E-state index contributed by atoms with van der Waals surface area (Å²) >= 11 is 0. The second kappa shape index (κ2) is 13.2. The van der Waals surface area contributed by atoms with Crippen LogP contribution in [0.15, 0.2) is 42.5 Å². The number of hydrogen-bond acceptors (Lipinski definition) is 5. The fourth-order valence-electron chi connectivity index (χ4n) is 4.35. The molecule has 2 amide bonds. The summed E-state index contributed by atoms with van der Waals surface area (Å²) in [6, 6.07) is 11.3. The van der Waals surface area contributed by atoms with Gasteiger partial charge in [0.2, 0.25) is 5.91 Å². The van der Waals surface area contributed by atoms with E-state index in [4.69, 9.17) is 16.6 Å². The first-order valence-electron chi connectivity index (χ1n) is 12.4. The molecule has 3 rings (SSSR count). The molecule has 1 aliphatic heterocycles. The molecule has 0 saturated heterocycles. The minimum Gasteiger partial charge on any atom is -0.481 e. The highest BCUT2D eigenvalue weighted by Crippen LogP contribution is 2.30. The molecule has 6 N–H and O–H groups in total. The molecule has 0 bridgehead atoms. The number of unbranched alkanes of at least 4 members (excludes halogenated alkanes) is 3. The number of non-ortho nitro benzene ring substituents is 1. The van der Waals surface area contributed by atoms with Crippen LogP contribution in [-0.2, 0) is 22.6 Å². The number of carboxylic acid groups (broad SMARTS) is 1. The average Bonchev–Trinajstić information content (AvgIpc) is 2.97. The molecule has 0 fully saturated rings. The van der Waals surface area contributed by atoms with Crippen molar-refractivity contribution in [3.8, 4) is 0 Å². The lowest BCUT2D eigenvalue weighted by Gasteiger charge is -2.23. The predicted octanol–water partition coefficient (Wildman–Crippen LogP) is 0.515. The number of nitrogens with zero attached hydrogens (tertiary/aromatic N) is 3. The molecular formula is C26H33N6O6+. The quantitative estimate of drug-likeness (QED) is 0.0957. The molecule has 202 valence electrons. The third-order valence-corrected chi connectivity index (χ3v) is 6.28. The van der Waals surface area contributed by atoms with E-state index in [1.807, 2.05) is 6.07 Å². The number of carbonyl (C=O) groups excluding carboxylic acids is 2. The smallest absolute Gasteiger partial charge is 0.338 e. The van der Waals surface area contributed by atoms with Crippen molar-refractivity contribution < 1.29 is 29.4 Å². The molecule has 2 aromatic rings. The number of aryl methyl sites for hydroxylation is 1. The van der Waals surface area contributed by atoms with Crippen LogP contribution in [-0.4, -0.2) is 58.3 Å². The number of nitrogens with two attached hydrogens (primary N) is 2. The Morgan fingerprint density at radius 2 is 1.82 bits per heavy atom. The second-order valence-electron chi connectivity index (χ2n) is 9.18. The van der Waals surface area contributed by atoms with Crippen LogP contribution in [0, 0.1) is 10.1 Å². The molecule has 1 aliphatic rings.